The largest absolute Gasteiger partial charge is 0.393 e. The predicted molar refractivity (Wildman–Crippen MR) is 94.3 cm³/mol. The van der Waals surface area contributed by atoms with Crippen LogP contribution in [-0.4, -0.2) is 95.7 Å². The first-order valence-electron chi connectivity index (χ1n) is 8.56. The van der Waals surface area contributed by atoms with E-state index < -0.39 is 0 Å². The molecule has 0 amide bonds. The zero-order chi connectivity index (χ0) is 16.5. The van der Waals surface area contributed by atoms with E-state index in [0.29, 0.717) is 0 Å². The summed E-state index contributed by atoms with van der Waals surface area (Å²) in [6.45, 7) is 11.3. The molecular formula is C15H38N6O. The number of hydrogen-bond donors (Lipinski definition) is 6. The van der Waals surface area contributed by atoms with Gasteiger partial charge in [0, 0.05) is 52.4 Å². The molecule has 3 aliphatic heterocycles. The summed E-state index contributed by atoms with van der Waals surface area (Å²) in [7, 11) is 3.65. The molecule has 7 N–H and O–H groups in total. The van der Waals surface area contributed by atoms with Gasteiger partial charge in [-0.1, -0.05) is 0 Å². The van der Waals surface area contributed by atoms with Gasteiger partial charge in [0.2, 0.25) is 0 Å². The Morgan fingerprint density at radius 2 is 1.09 bits per heavy atom. The van der Waals surface area contributed by atoms with Crippen LogP contribution in [0.25, 0.3) is 0 Å². The normalized spacial score (nSPS) is 22.9. The molecule has 3 heterocycles. The van der Waals surface area contributed by atoms with Crippen LogP contribution in [0, 0.1) is 0 Å². The first-order valence-corrected chi connectivity index (χ1v) is 8.56. The molecule has 0 radical (unpaired) electrons. The first-order chi connectivity index (χ1) is 10.8. The summed E-state index contributed by atoms with van der Waals surface area (Å²) in [5.41, 5.74) is 4.50. The number of aliphatic hydroxyl groups is 1. The molecule has 3 rings (SSSR count). The Morgan fingerprint density at radius 3 is 1.32 bits per heavy atom. The van der Waals surface area contributed by atoms with Crippen LogP contribution in [0.4, 0.5) is 0 Å². The van der Waals surface area contributed by atoms with Crippen LogP contribution < -0.4 is 27.0 Å². The number of nitrogens with one attached hydrogen (secondary N) is 4. The molecule has 7 nitrogen and oxygen atoms in total. The summed E-state index contributed by atoms with van der Waals surface area (Å²) in [4.78, 5) is 2.33. The van der Waals surface area contributed by atoms with Gasteiger partial charge in [-0.15, -0.1) is 0 Å². The van der Waals surface area contributed by atoms with Crippen molar-refractivity contribution in [2.24, 2.45) is 5.73 Å². The lowest BCUT2D eigenvalue weighted by Gasteiger charge is -2.21. The van der Waals surface area contributed by atoms with E-state index in [2.05, 4.69) is 38.9 Å². The quantitative estimate of drug-likeness (QED) is 0.308. The molecule has 0 unspecified atom stereocenters. The summed E-state index contributed by atoms with van der Waals surface area (Å²) in [5.74, 6) is 0. The van der Waals surface area contributed by atoms with E-state index in [0.717, 1.165) is 65.2 Å². The number of nitrogens with zero attached hydrogens (tertiary/aromatic N) is 1. The van der Waals surface area contributed by atoms with Crippen LogP contribution >= 0.6 is 0 Å². The SMILES string of the molecule is C1CNCCN1.CN.CN1CCNCC1.OC1CCNCC1. The highest BCUT2D eigenvalue weighted by atomic mass is 16.3. The number of likely N-dealkylation sites (N-methyl/N-ethyl adjacent to an activating group) is 1. The molecular weight excluding hydrogens is 280 g/mol. The Balaban J connectivity index is 0.000000285. The van der Waals surface area contributed by atoms with Crippen LogP contribution in [0.5, 0.6) is 0 Å². The molecule has 22 heavy (non-hydrogen) atoms. The van der Waals surface area contributed by atoms with Crippen molar-refractivity contribution in [3.05, 3.63) is 0 Å². The van der Waals surface area contributed by atoms with E-state index in [9.17, 15) is 0 Å². The van der Waals surface area contributed by atoms with Crippen molar-refractivity contribution in [2.45, 2.75) is 18.9 Å². The fraction of sp³-hybridized carbons (Fsp3) is 1.00. The van der Waals surface area contributed by atoms with Gasteiger partial charge in [0.25, 0.3) is 0 Å². The number of piperidine rings is 1. The molecule has 0 atom stereocenters. The van der Waals surface area contributed by atoms with Crippen molar-refractivity contribution < 1.29 is 5.11 Å². The predicted octanol–water partition coefficient (Wildman–Crippen LogP) is -1.99. The summed E-state index contributed by atoms with van der Waals surface area (Å²) in [6, 6.07) is 0. The molecule has 7 heteroatoms. The minimum absolute atomic E-state index is 0.0266. The van der Waals surface area contributed by atoms with Gasteiger partial charge in [0.15, 0.2) is 0 Å². The highest BCUT2D eigenvalue weighted by molar-refractivity contribution is 4.65. The van der Waals surface area contributed by atoms with Crippen LogP contribution in [0.2, 0.25) is 0 Å². The molecule has 0 aromatic rings. The highest BCUT2D eigenvalue weighted by Crippen LogP contribution is 1.99. The fourth-order valence-corrected chi connectivity index (χ4v) is 2.19. The second kappa shape index (κ2) is 17.1. The van der Waals surface area contributed by atoms with Gasteiger partial charge in [-0.3, -0.25) is 0 Å². The Hall–Kier alpha value is -0.280. The van der Waals surface area contributed by atoms with Gasteiger partial charge in [0.05, 0.1) is 6.10 Å². The molecule has 0 aromatic carbocycles. The lowest BCUT2D eigenvalue weighted by Crippen LogP contribution is -2.40. The lowest BCUT2D eigenvalue weighted by molar-refractivity contribution is 0.137. The van der Waals surface area contributed by atoms with E-state index in [-0.39, 0.29) is 6.10 Å². The molecule has 0 aromatic heterocycles. The van der Waals surface area contributed by atoms with E-state index >= 15 is 0 Å². The van der Waals surface area contributed by atoms with Crippen molar-refractivity contribution in [1.29, 1.82) is 0 Å². The van der Waals surface area contributed by atoms with Crippen molar-refractivity contribution in [1.82, 2.24) is 26.2 Å². The topological polar surface area (TPSA) is 97.6 Å². The summed E-state index contributed by atoms with van der Waals surface area (Å²) < 4.78 is 0. The Labute approximate surface area is 136 Å². The zero-order valence-electron chi connectivity index (χ0n) is 14.5. The van der Waals surface area contributed by atoms with Crippen molar-refractivity contribution >= 4 is 0 Å². The number of piperazine rings is 2. The van der Waals surface area contributed by atoms with Gasteiger partial charge in [-0.2, -0.15) is 0 Å². The third-order valence-electron chi connectivity index (χ3n) is 3.61. The minimum Gasteiger partial charge on any atom is -0.393 e. The van der Waals surface area contributed by atoms with Gasteiger partial charge >= 0.3 is 0 Å². The maximum atomic E-state index is 8.87. The van der Waals surface area contributed by atoms with Crippen LogP contribution in [0.3, 0.4) is 0 Å². The summed E-state index contributed by atoms with van der Waals surface area (Å²) in [5, 5.41) is 21.7. The molecule has 3 aliphatic rings. The average molecular weight is 319 g/mol. The minimum atomic E-state index is -0.0266. The number of nitrogens with two attached hydrogens (primary N) is 1. The second-order valence-electron chi connectivity index (χ2n) is 5.53. The molecule has 0 spiro atoms. The van der Waals surface area contributed by atoms with E-state index in [1.165, 1.54) is 20.1 Å². The number of aliphatic hydroxyl groups excluding tert-OH is 1. The Kier molecular flexibility index (Phi) is 16.9. The maximum absolute atomic E-state index is 8.87. The Morgan fingerprint density at radius 1 is 0.727 bits per heavy atom. The van der Waals surface area contributed by atoms with Crippen LogP contribution in [-0.2, 0) is 0 Å². The number of hydrogen-bond acceptors (Lipinski definition) is 7. The zero-order valence-corrected chi connectivity index (χ0v) is 14.5. The van der Waals surface area contributed by atoms with Crippen LogP contribution in [0.15, 0.2) is 0 Å². The monoisotopic (exact) mass is 318 g/mol. The first kappa shape index (κ1) is 21.7. The lowest BCUT2D eigenvalue weighted by atomic mass is 10.1. The third-order valence-corrected chi connectivity index (χ3v) is 3.61. The van der Waals surface area contributed by atoms with E-state index in [4.69, 9.17) is 5.11 Å². The Bertz CT molecular complexity index is 177. The molecule has 0 bridgehead atoms. The van der Waals surface area contributed by atoms with Gasteiger partial charge < -0.3 is 37.0 Å². The molecule has 134 valence electrons. The van der Waals surface area contributed by atoms with Gasteiger partial charge in [0.1, 0.15) is 0 Å². The third kappa shape index (κ3) is 14.6. The van der Waals surface area contributed by atoms with Crippen LogP contribution in [0.1, 0.15) is 12.8 Å². The number of rotatable bonds is 0. The second-order valence-corrected chi connectivity index (χ2v) is 5.53. The van der Waals surface area contributed by atoms with Crippen molar-refractivity contribution in [3.8, 4) is 0 Å². The molecule has 3 fully saturated rings. The smallest absolute Gasteiger partial charge is 0.0564 e. The van der Waals surface area contributed by atoms with E-state index in [1.54, 1.807) is 0 Å². The average Bonchev–Trinajstić information content (AvgIpc) is 2.61. The fourth-order valence-electron chi connectivity index (χ4n) is 2.19. The van der Waals surface area contributed by atoms with E-state index in [1.807, 2.05) is 0 Å². The van der Waals surface area contributed by atoms with Gasteiger partial charge in [-0.05, 0) is 40.0 Å². The molecule has 0 aliphatic carbocycles. The van der Waals surface area contributed by atoms with Crippen molar-refractivity contribution in [2.75, 3.05) is 79.5 Å². The maximum Gasteiger partial charge on any atom is 0.0564 e. The summed E-state index contributed by atoms with van der Waals surface area (Å²) >= 11 is 0. The molecule has 0 saturated carbocycles. The molecule has 3 saturated heterocycles. The van der Waals surface area contributed by atoms with Gasteiger partial charge in [-0.25, -0.2) is 0 Å². The van der Waals surface area contributed by atoms with Crippen molar-refractivity contribution in [3.63, 3.8) is 0 Å². The highest BCUT2D eigenvalue weighted by Gasteiger charge is 2.06. The summed E-state index contributed by atoms with van der Waals surface area (Å²) in [6.07, 6.45) is 1.83. The standard InChI is InChI=1S/C5H12N2.C5H11NO.C4H10N2.CH5N/c1-7-4-2-6-3-5-7;7-5-1-3-6-4-2-5;1-2-6-4-3-5-1;1-2/h6H,2-5H2,1H3;5-7H,1-4H2;5-6H,1-4H2;2H2,1H3.